The van der Waals surface area contributed by atoms with Crippen molar-refractivity contribution in [2.45, 2.75) is 12.8 Å². The first kappa shape index (κ1) is 14.4. The summed E-state index contributed by atoms with van der Waals surface area (Å²) in [5, 5.41) is 3.37. The van der Waals surface area contributed by atoms with E-state index in [0.29, 0.717) is 6.42 Å². The van der Waals surface area contributed by atoms with Gasteiger partial charge in [-0.1, -0.05) is 0 Å². The summed E-state index contributed by atoms with van der Waals surface area (Å²) in [5.74, 6) is 0.208. The number of hydrogen-bond acceptors (Lipinski definition) is 4. The lowest BCUT2D eigenvalue weighted by Gasteiger charge is -2.26. The molecule has 0 aliphatic carbocycles. The SMILES string of the molecule is CN(C)C(=O)CCCNCCN1CCOCC1. The second-order valence-corrected chi connectivity index (χ2v) is 4.60. The fourth-order valence-electron chi connectivity index (χ4n) is 1.78. The van der Waals surface area contributed by atoms with E-state index in [2.05, 4.69) is 10.2 Å². The number of hydrogen-bond donors (Lipinski definition) is 1. The Bertz CT molecular complexity index is 216. The fraction of sp³-hybridized carbons (Fsp3) is 0.917. The van der Waals surface area contributed by atoms with Gasteiger partial charge in [-0.15, -0.1) is 0 Å². The molecule has 0 saturated carbocycles. The van der Waals surface area contributed by atoms with Gasteiger partial charge in [-0.05, 0) is 13.0 Å². The Hall–Kier alpha value is -0.650. The molecule has 0 spiro atoms. The first-order valence-corrected chi connectivity index (χ1v) is 6.41. The van der Waals surface area contributed by atoms with E-state index >= 15 is 0 Å². The average Bonchev–Trinajstić information content (AvgIpc) is 2.34. The van der Waals surface area contributed by atoms with Gasteiger partial charge >= 0.3 is 0 Å². The van der Waals surface area contributed by atoms with Crippen LogP contribution in [-0.4, -0.2) is 75.7 Å². The van der Waals surface area contributed by atoms with E-state index in [1.54, 1.807) is 19.0 Å². The van der Waals surface area contributed by atoms with Crippen molar-refractivity contribution in [2.24, 2.45) is 0 Å². The lowest BCUT2D eigenvalue weighted by Crippen LogP contribution is -2.40. The van der Waals surface area contributed by atoms with Crippen molar-refractivity contribution in [3.8, 4) is 0 Å². The minimum absolute atomic E-state index is 0.208. The molecule has 0 radical (unpaired) electrons. The molecule has 1 amide bonds. The normalized spacial score (nSPS) is 17.1. The highest BCUT2D eigenvalue weighted by Crippen LogP contribution is 1.95. The van der Waals surface area contributed by atoms with E-state index in [4.69, 9.17) is 4.74 Å². The first-order valence-electron chi connectivity index (χ1n) is 6.41. The van der Waals surface area contributed by atoms with Crippen LogP contribution in [0.5, 0.6) is 0 Å². The number of nitrogens with one attached hydrogen (secondary N) is 1. The summed E-state index contributed by atoms with van der Waals surface area (Å²) in [6, 6.07) is 0. The van der Waals surface area contributed by atoms with Gasteiger partial charge in [-0.2, -0.15) is 0 Å². The third kappa shape index (κ3) is 6.61. The molecule has 100 valence electrons. The molecule has 0 aromatic carbocycles. The lowest BCUT2D eigenvalue weighted by molar-refractivity contribution is -0.128. The van der Waals surface area contributed by atoms with E-state index < -0.39 is 0 Å². The Morgan fingerprint density at radius 1 is 1.29 bits per heavy atom. The standard InChI is InChI=1S/C12H25N3O2/c1-14(2)12(16)4-3-5-13-6-7-15-8-10-17-11-9-15/h13H,3-11H2,1-2H3. The van der Waals surface area contributed by atoms with Crippen molar-refractivity contribution in [3.05, 3.63) is 0 Å². The van der Waals surface area contributed by atoms with Crippen LogP contribution in [0.4, 0.5) is 0 Å². The van der Waals surface area contributed by atoms with Crippen LogP contribution in [0, 0.1) is 0 Å². The molecule has 1 saturated heterocycles. The predicted octanol–water partition coefficient (Wildman–Crippen LogP) is -0.223. The third-order valence-corrected chi connectivity index (χ3v) is 2.95. The van der Waals surface area contributed by atoms with Gasteiger partial charge < -0.3 is 15.0 Å². The van der Waals surface area contributed by atoms with Crippen molar-refractivity contribution < 1.29 is 9.53 Å². The summed E-state index contributed by atoms with van der Waals surface area (Å²) < 4.78 is 5.29. The summed E-state index contributed by atoms with van der Waals surface area (Å²) in [4.78, 5) is 15.3. The van der Waals surface area contributed by atoms with Crippen LogP contribution < -0.4 is 5.32 Å². The van der Waals surface area contributed by atoms with Gasteiger partial charge in [-0.25, -0.2) is 0 Å². The molecule has 0 aromatic rings. The van der Waals surface area contributed by atoms with E-state index in [9.17, 15) is 4.79 Å². The van der Waals surface area contributed by atoms with Gasteiger partial charge in [0.15, 0.2) is 0 Å². The van der Waals surface area contributed by atoms with Crippen molar-refractivity contribution in [1.29, 1.82) is 0 Å². The highest BCUT2D eigenvalue weighted by Gasteiger charge is 2.08. The Labute approximate surface area is 104 Å². The molecule has 0 aromatic heterocycles. The van der Waals surface area contributed by atoms with Gasteiger partial charge in [0.1, 0.15) is 0 Å². The zero-order valence-electron chi connectivity index (χ0n) is 11.1. The molecule has 0 bridgehead atoms. The van der Waals surface area contributed by atoms with E-state index in [1.165, 1.54) is 0 Å². The smallest absolute Gasteiger partial charge is 0.222 e. The van der Waals surface area contributed by atoms with Crippen molar-refractivity contribution >= 4 is 5.91 Å². The topological polar surface area (TPSA) is 44.8 Å². The van der Waals surface area contributed by atoms with E-state index in [1.807, 2.05) is 0 Å². The summed E-state index contributed by atoms with van der Waals surface area (Å²) in [5.41, 5.74) is 0. The van der Waals surface area contributed by atoms with Gasteiger partial charge in [0.2, 0.25) is 5.91 Å². The molecule has 1 heterocycles. The fourth-order valence-corrected chi connectivity index (χ4v) is 1.78. The van der Waals surface area contributed by atoms with Crippen LogP contribution in [0.2, 0.25) is 0 Å². The Morgan fingerprint density at radius 3 is 2.65 bits per heavy atom. The van der Waals surface area contributed by atoms with Crippen LogP contribution >= 0.6 is 0 Å². The van der Waals surface area contributed by atoms with Gasteiger partial charge in [0.05, 0.1) is 13.2 Å². The van der Waals surface area contributed by atoms with Gasteiger partial charge in [0, 0.05) is 46.7 Å². The zero-order chi connectivity index (χ0) is 12.5. The van der Waals surface area contributed by atoms with Gasteiger partial charge in [-0.3, -0.25) is 9.69 Å². The van der Waals surface area contributed by atoms with Crippen LogP contribution in [0.1, 0.15) is 12.8 Å². The molecular weight excluding hydrogens is 218 g/mol. The van der Waals surface area contributed by atoms with Crippen LogP contribution in [0.25, 0.3) is 0 Å². The summed E-state index contributed by atoms with van der Waals surface area (Å²) in [6.45, 7) is 6.79. The molecule has 5 heteroatoms. The van der Waals surface area contributed by atoms with E-state index in [-0.39, 0.29) is 5.91 Å². The van der Waals surface area contributed by atoms with Crippen LogP contribution in [-0.2, 0) is 9.53 Å². The van der Waals surface area contributed by atoms with Crippen molar-refractivity contribution in [1.82, 2.24) is 15.1 Å². The lowest BCUT2D eigenvalue weighted by atomic mass is 10.3. The number of morpholine rings is 1. The third-order valence-electron chi connectivity index (χ3n) is 2.95. The molecule has 17 heavy (non-hydrogen) atoms. The highest BCUT2D eigenvalue weighted by molar-refractivity contribution is 5.75. The van der Waals surface area contributed by atoms with Crippen molar-refractivity contribution in [3.63, 3.8) is 0 Å². The number of ether oxygens (including phenoxy) is 1. The number of rotatable bonds is 7. The molecular formula is C12H25N3O2. The quantitative estimate of drug-likeness (QED) is 0.628. The maximum absolute atomic E-state index is 11.3. The number of amides is 1. The monoisotopic (exact) mass is 243 g/mol. The largest absolute Gasteiger partial charge is 0.379 e. The Balaban J connectivity index is 1.88. The molecule has 1 N–H and O–H groups in total. The summed E-state index contributed by atoms with van der Waals surface area (Å²) in [7, 11) is 3.60. The second-order valence-electron chi connectivity index (χ2n) is 4.60. The maximum atomic E-state index is 11.3. The zero-order valence-corrected chi connectivity index (χ0v) is 11.1. The summed E-state index contributed by atoms with van der Waals surface area (Å²) >= 11 is 0. The van der Waals surface area contributed by atoms with Crippen LogP contribution in [0.15, 0.2) is 0 Å². The highest BCUT2D eigenvalue weighted by atomic mass is 16.5. The second kappa shape index (κ2) is 8.44. The first-order chi connectivity index (χ1) is 8.20. The molecule has 1 aliphatic heterocycles. The average molecular weight is 243 g/mol. The van der Waals surface area contributed by atoms with Crippen LogP contribution in [0.3, 0.4) is 0 Å². The number of carbonyl (C=O) groups excluding carboxylic acids is 1. The predicted molar refractivity (Wildman–Crippen MR) is 68.1 cm³/mol. The molecule has 0 atom stereocenters. The maximum Gasteiger partial charge on any atom is 0.222 e. The minimum Gasteiger partial charge on any atom is -0.379 e. The molecule has 5 nitrogen and oxygen atoms in total. The minimum atomic E-state index is 0.208. The molecule has 1 aliphatic rings. The molecule has 1 fully saturated rings. The number of nitrogens with zero attached hydrogens (tertiary/aromatic N) is 2. The van der Waals surface area contributed by atoms with E-state index in [0.717, 1.165) is 52.4 Å². The molecule has 0 unspecified atom stereocenters. The number of carbonyl (C=O) groups is 1. The summed E-state index contributed by atoms with van der Waals surface area (Å²) in [6.07, 6.45) is 1.55. The molecule has 1 rings (SSSR count). The van der Waals surface area contributed by atoms with Crippen molar-refractivity contribution in [2.75, 3.05) is 60.0 Å². The van der Waals surface area contributed by atoms with Gasteiger partial charge in [0.25, 0.3) is 0 Å². The Kier molecular flexibility index (Phi) is 7.16. The Morgan fingerprint density at radius 2 is 2.00 bits per heavy atom.